The minimum absolute atomic E-state index is 0.0581. The maximum atomic E-state index is 6.65. The molecule has 1 aliphatic heterocycles. The zero-order valence-corrected chi connectivity index (χ0v) is 19.7. The summed E-state index contributed by atoms with van der Waals surface area (Å²) in [5, 5.41) is 8.68. The molecule has 8 nitrogen and oxygen atoms in total. The van der Waals surface area contributed by atoms with E-state index in [1.54, 1.807) is 22.3 Å². The second-order valence-electron chi connectivity index (χ2n) is 8.65. The van der Waals surface area contributed by atoms with Gasteiger partial charge in [-0.15, -0.1) is 11.3 Å². The van der Waals surface area contributed by atoms with Crippen LogP contribution in [0.4, 0.5) is 11.5 Å². The Labute approximate surface area is 200 Å². The monoisotopic (exact) mass is 472 g/mol. The van der Waals surface area contributed by atoms with Crippen molar-refractivity contribution in [2.24, 2.45) is 13.0 Å². The molecule has 0 bridgehead atoms. The highest BCUT2D eigenvalue weighted by molar-refractivity contribution is 7.16. The van der Waals surface area contributed by atoms with E-state index >= 15 is 0 Å². The number of aryl methyl sites for hydroxylation is 1. The van der Waals surface area contributed by atoms with Crippen molar-refractivity contribution in [3.8, 4) is 16.9 Å². The first kappa shape index (κ1) is 21.0. The van der Waals surface area contributed by atoms with E-state index in [9.17, 15) is 0 Å². The van der Waals surface area contributed by atoms with Crippen LogP contribution in [0.5, 0.6) is 5.75 Å². The van der Waals surface area contributed by atoms with Crippen LogP contribution in [-0.4, -0.2) is 44.1 Å². The SMILES string of the molecule is C[C@H]1COCC[C@H]1Oc1cc(-c2cnn(C)c2)cc2ncnc(Nc3ccc4ncsc4c3)c12. The largest absolute Gasteiger partial charge is 0.489 e. The van der Waals surface area contributed by atoms with E-state index in [4.69, 9.17) is 9.47 Å². The Morgan fingerprint density at radius 2 is 2.06 bits per heavy atom. The van der Waals surface area contributed by atoms with E-state index in [2.05, 4.69) is 50.5 Å². The average Bonchev–Trinajstić information content (AvgIpc) is 3.49. The van der Waals surface area contributed by atoms with Crippen molar-refractivity contribution in [1.29, 1.82) is 0 Å². The van der Waals surface area contributed by atoms with Gasteiger partial charge in [-0.3, -0.25) is 4.68 Å². The summed E-state index contributed by atoms with van der Waals surface area (Å²) in [6.07, 6.45) is 6.34. The molecule has 34 heavy (non-hydrogen) atoms. The molecule has 6 rings (SSSR count). The van der Waals surface area contributed by atoms with Gasteiger partial charge in [-0.2, -0.15) is 5.10 Å². The van der Waals surface area contributed by atoms with Crippen molar-refractivity contribution < 1.29 is 9.47 Å². The third kappa shape index (κ3) is 3.97. The normalized spacial score (nSPS) is 18.4. The third-order valence-electron chi connectivity index (χ3n) is 6.17. The van der Waals surface area contributed by atoms with Crippen molar-refractivity contribution in [2.75, 3.05) is 18.5 Å². The molecule has 0 amide bonds. The van der Waals surface area contributed by atoms with E-state index in [1.807, 2.05) is 37.1 Å². The summed E-state index contributed by atoms with van der Waals surface area (Å²) in [4.78, 5) is 13.6. The number of anilines is 2. The van der Waals surface area contributed by atoms with Gasteiger partial charge in [-0.05, 0) is 35.9 Å². The van der Waals surface area contributed by atoms with Gasteiger partial charge in [0, 0.05) is 36.8 Å². The number of thiazole rings is 1. The van der Waals surface area contributed by atoms with Gasteiger partial charge in [0.15, 0.2) is 0 Å². The van der Waals surface area contributed by atoms with Crippen molar-refractivity contribution in [2.45, 2.75) is 19.4 Å². The molecular weight excluding hydrogens is 448 g/mol. The van der Waals surface area contributed by atoms with Crippen molar-refractivity contribution >= 4 is 44.0 Å². The van der Waals surface area contributed by atoms with Crippen LogP contribution in [0.15, 0.2) is 54.6 Å². The molecule has 4 heterocycles. The summed E-state index contributed by atoms with van der Waals surface area (Å²) < 4.78 is 15.2. The van der Waals surface area contributed by atoms with Gasteiger partial charge in [0.1, 0.15) is 24.0 Å². The Morgan fingerprint density at radius 1 is 1.12 bits per heavy atom. The molecular formula is C25H24N6O2S. The molecule has 5 aromatic rings. The van der Waals surface area contributed by atoms with Gasteiger partial charge in [0.2, 0.25) is 0 Å². The number of aromatic nitrogens is 5. The van der Waals surface area contributed by atoms with Crippen LogP contribution in [0.2, 0.25) is 0 Å². The van der Waals surface area contributed by atoms with Crippen molar-refractivity contribution in [3.05, 3.63) is 54.6 Å². The summed E-state index contributed by atoms with van der Waals surface area (Å²) in [6, 6.07) is 10.3. The highest BCUT2D eigenvalue weighted by Crippen LogP contribution is 2.38. The van der Waals surface area contributed by atoms with E-state index in [0.29, 0.717) is 24.9 Å². The van der Waals surface area contributed by atoms with Crippen LogP contribution in [0.25, 0.3) is 32.2 Å². The summed E-state index contributed by atoms with van der Waals surface area (Å²) in [5.41, 5.74) is 6.62. The molecule has 0 aliphatic carbocycles. The standard InChI is InChI=1S/C25H24N6O2S/c1-15-12-32-6-5-21(15)33-22-8-16(17-10-29-31(2)11-17)7-20-24(22)25(27-13-26-20)30-18-3-4-19-23(9-18)34-14-28-19/h3-4,7-11,13-15,21H,5-6,12H2,1-2H3,(H,26,27,30)/t15-,21+/m0/s1. The third-order valence-corrected chi connectivity index (χ3v) is 6.97. The van der Waals surface area contributed by atoms with Gasteiger partial charge in [-0.25, -0.2) is 15.0 Å². The smallest absolute Gasteiger partial charge is 0.145 e. The fourth-order valence-electron chi connectivity index (χ4n) is 4.35. The highest BCUT2D eigenvalue weighted by Gasteiger charge is 2.25. The predicted octanol–water partition coefficient (Wildman–Crippen LogP) is 5.19. The Balaban J connectivity index is 1.46. The first-order chi connectivity index (χ1) is 16.6. The van der Waals surface area contributed by atoms with Gasteiger partial charge in [0.05, 0.1) is 46.0 Å². The topological polar surface area (TPSA) is 87.0 Å². The Kier molecular flexibility index (Phi) is 5.35. The number of hydrogen-bond acceptors (Lipinski definition) is 8. The minimum atomic E-state index is 0.0581. The molecule has 3 aromatic heterocycles. The summed E-state index contributed by atoms with van der Waals surface area (Å²) >= 11 is 1.62. The van der Waals surface area contributed by atoms with Crippen LogP contribution in [0, 0.1) is 5.92 Å². The lowest BCUT2D eigenvalue weighted by atomic mass is 10.00. The summed E-state index contributed by atoms with van der Waals surface area (Å²) in [7, 11) is 1.91. The number of nitrogens with zero attached hydrogens (tertiary/aromatic N) is 5. The van der Waals surface area contributed by atoms with Gasteiger partial charge in [-0.1, -0.05) is 6.92 Å². The fraction of sp³-hybridized carbons (Fsp3) is 0.280. The quantitative estimate of drug-likeness (QED) is 0.377. The zero-order valence-electron chi connectivity index (χ0n) is 18.9. The van der Waals surface area contributed by atoms with E-state index in [-0.39, 0.29) is 6.10 Å². The van der Waals surface area contributed by atoms with Crippen LogP contribution in [0.1, 0.15) is 13.3 Å². The molecule has 1 saturated heterocycles. The minimum Gasteiger partial charge on any atom is -0.489 e. The van der Waals surface area contributed by atoms with Crippen molar-refractivity contribution in [3.63, 3.8) is 0 Å². The highest BCUT2D eigenvalue weighted by atomic mass is 32.1. The second-order valence-corrected chi connectivity index (χ2v) is 9.54. The average molecular weight is 473 g/mol. The maximum absolute atomic E-state index is 6.65. The molecule has 172 valence electrons. The molecule has 2 atom stereocenters. The Bertz CT molecular complexity index is 1480. The van der Waals surface area contributed by atoms with Crippen LogP contribution < -0.4 is 10.1 Å². The van der Waals surface area contributed by atoms with Crippen LogP contribution in [-0.2, 0) is 11.8 Å². The zero-order chi connectivity index (χ0) is 23.1. The number of hydrogen-bond donors (Lipinski definition) is 1. The fourth-order valence-corrected chi connectivity index (χ4v) is 5.06. The lowest BCUT2D eigenvalue weighted by Crippen LogP contribution is -2.34. The van der Waals surface area contributed by atoms with Gasteiger partial charge in [0.25, 0.3) is 0 Å². The molecule has 1 N–H and O–H groups in total. The Hall–Kier alpha value is -3.56. The van der Waals surface area contributed by atoms with E-state index in [1.165, 1.54) is 0 Å². The maximum Gasteiger partial charge on any atom is 0.145 e. The summed E-state index contributed by atoms with van der Waals surface area (Å²) in [6.45, 7) is 3.56. The van der Waals surface area contributed by atoms with Crippen LogP contribution >= 0.6 is 11.3 Å². The molecule has 2 aromatic carbocycles. The first-order valence-electron chi connectivity index (χ1n) is 11.3. The number of benzene rings is 2. The van der Waals surface area contributed by atoms with Gasteiger partial charge < -0.3 is 14.8 Å². The summed E-state index contributed by atoms with van der Waals surface area (Å²) in [5.74, 6) is 1.76. The van der Waals surface area contributed by atoms with Gasteiger partial charge >= 0.3 is 0 Å². The van der Waals surface area contributed by atoms with E-state index in [0.717, 1.165) is 50.1 Å². The molecule has 0 saturated carbocycles. The van der Waals surface area contributed by atoms with Crippen molar-refractivity contribution in [1.82, 2.24) is 24.7 Å². The number of ether oxygens (including phenoxy) is 2. The molecule has 1 fully saturated rings. The van der Waals surface area contributed by atoms with E-state index < -0.39 is 0 Å². The molecule has 1 aliphatic rings. The van der Waals surface area contributed by atoms with Crippen LogP contribution in [0.3, 0.4) is 0 Å². The number of rotatable bonds is 5. The molecule has 0 radical (unpaired) electrons. The number of nitrogens with one attached hydrogen (secondary N) is 1. The molecule has 0 unspecified atom stereocenters. The Morgan fingerprint density at radius 3 is 2.91 bits per heavy atom. The number of fused-ring (bicyclic) bond motifs is 2. The first-order valence-corrected chi connectivity index (χ1v) is 12.1. The lowest BCUT2D eigenvalue weighted by molar-refractivity contribution is -0.0158. The predicted molar refractivity (Wildman–Crippen MR) is 134 cm³/mol. The lowest BCUT2D eigenvalue weighted by Gasteiger charge is -2.30. The molecule has 0 spiro atoms. The molecule has 9 heteroatoms. The second kappa shape index (κ2) is 8.66.